The van der Waals surface area contributed by atoms with Gasteiger partial charge in [0.05, 0.1) is 4.88 Å². The summed E-state index contributed by atoms with van der Waals surface area (Å²) >= 11 is 1.73. The van der Waals surface area contributed by atoms with E-state index in [9.17, 15) is 0 Å². The summed E-state index contributed by atoms with van der Waals surface area (Å²) < 4.78 is 2.20. The molecule has 0 aliphatic heterocycles. The highest BCUT2D eigenvalue weighted by atomic mass is 32.1. The third-order valence-corrected chi connectivity index (χ3v) is 3.59. The lowest BCUT2D eigenvalue weighted by Crippen LogP contribution is -2.28. The van der Waals surface area contributed by atoms with E-state index >= 15 is 0 Å². The third kappa shape index (κ3) is 3.66. The second-order valence-corrected chi connectivity index (χ2v) is 5.42. The number of hydrogen-bond donors (Lipinski definition) is 1. The minimum absolute atomic E-state index is 0.959. The molecule has 1 N–H and O–H groups in total. The summed E-state index contributed by atoms with van der Waals surface area (Å²) in [4.78, 5) is 7.83. The summed E-state index contributed by atoms with van der Waals surface area (Å²) in [5, 5.41) is 5.53. The van der Waals surface area contributed by atoms with Gasteiger partial charge in [0.25, 0.3) is 0 Å². The number of thiophene rings is 1. The van der Waals surface area contributed by atoms with Crippen molar-refractivity contribution in [3.63, 3.8) is 0 Å². The topological polar surface area (TPSA) is 33.1 Å². The first-order valence-corrected chi connectivity index (χ1v) is 7.06. The molecule has 0 aliphatic carbocycles. The Bertz CT molecular complexity index is 447. The van der Waals surface area contributed by atoms with E-state index in [2.05, 4.69) is 51.4 Å². The van der Waals surface area contributed by atoms with Gasteiger partial charge in [-0.15, -0.1) is 11.3 Å². The van der Waals surface area contributed by atoms with Gasteiger partial charge in [-0.05, 0) is 25.5 Å². The molecule has 18 heavy (non-hydrogen) atoms. The minimum Gasteiger partial charge on any atom is -0.329 e. The molecule has 0 unspecified atom stereocenters. The van der Waals surface area contributed by atoms with Gasteiger partial charge in [-0.25, -0.2) is 4.98 Å². The van der Waals surface area contributed by atoms with Crippen molar-refractivity contribution in [2.75, 3.05) is 33.7 Å². The molecule has 2 rings (SSSR count). The van der Waals surface area contributed by atoms with Crippen LogP contribution in [0.3, 0.4) is 0 Å². The maximum absolute atomic E-state index is 4.42. The van der Waals surface area contributed by atoms with Crippen molar-refractivity contribution in [1.82, 2.24) is 19.8 Å². The monoisotopic (exact) mass is 264 g/mol. The van der Waals surface area contributed by atoms with E-state index in [1.54, 1.807) is 11.3 Å². The molecule has 2 aromatic heterocycles. The standard InChI is InChI=1S/C13H20N4S/c1-16(2)8-5-14-6-9-17-10-7-15-13(17)12-4-3-11-18-12/h3-4,7,10-11,14H,5-6,8-9H2,1-2H3. The van der Waals surface area contributed by atoms with Crippen molar-refractivity contribution in [3.8, 4) is 10.7 Å². The van der Waals surface area contributed by atoms with Crippen LogP contribution in [0.4, 0.5) is 0 Å². The number of rotatable bonds is 7. The first-order chi connectivity index (χ1) is 8.77. The Balaban J connectivity index is 1.82. The normalized spacial score (nSPS) is 11.3. The molecule has 5 heteroatoms. The maximum Gasteiger partial charge on any atom is 0.150 e. The fourth-order valence-corrected chi connectivity index (χ4v) is 2.48. The quantitative estimate of drug-likeness (QED) is 0.774. The molecule has 0 spiro atoms. The van der Waals surface area contributed by atoms with Crippen LogP contribution < -0.4 is 5.32 Å². The summed E-state index contributed by atoms with van der Waals surface area (Å²) in [6.07, 6.45) is 3.91. The van der Waals surface area contributed by atoms with Crippen LogP contribution in [0.2, 0.25) is 0 Å². The van der Waals surface area contributed by atoms with E-state index in [0.717, 1.165) is 32.0 Å². The summed E-state index contributed by atoms with van der Waals surface area (Å²) in [5.41, 5.74) is 0. The summed E-state index contributed by atoms with van der Waals surface area (Å²) in [5.74, 6) is 1.07. The van der Waals surface area contributed by atoms with Crippen molar-refractivity contribution < 1.29 is 0 Å². The van der Waals surface area contributed by atoms with Gasteiger partial charge < -0.3 is 14.8 Å². The first kappa shape index (κ1) is 13.3. The van der Waals surface area contributed by atoms with Gasteiger partial charge in [-0.2, -0.15) is 0 Å². The molecule has 0 amide bonds. The fraction of sp³-hybridized carbons (Fsp3) is 0.462. The van der Waals surface area contributed by atoms with Crippen molar-refractivity contribution in [2.24, 2.45) is 0 Å². The SMILES string of the molecule is CN(C)CCNCCn1ccnc1-c1cccs1. The van der Waals surface area contributed by atoms with Crippen LogP contribution in [-0.4, -0.2) is 48.2 Å². The van der Waals surface area contributed by atoms with Gasteiger partial charge in [0.1, 0.15) is 5.82 Å². The summed E-state index contributed by atoms with van der Waals surface area (Å²) in [6, 6.07) is 4.18. The number of likely N-dealkylation sites (N-methyl/N-ethyl adjacent to an activating group) is 1. The van der Waals surface area contributed by atoms with Crippen LogP contribution >= 0.6 is 11.3 Å². The highest BCUT2D eigenvalue weighted by Gasteiger charge is 2.05. The number of aromatic nitrogens is 2. The van der Waals surface area contributed by atoms with Gasteiger partial charge in [-0.3, -0.25) is 0 Å². The lowest BCUT2D eigenvalue weighted by Gasteiger charge is -2.11. The van der Waals surface area contributed by atoms with Crippen LogP contribution in [0.1, 0.15) is 0 Å². The van der Waals surface area contributed by atoms with Crippen LogP contribution in [0.25, 0.3) is 10.7 Å². The third-order valence-electron chi connectivity index (χ3n) is 2.72. The Morgan fingerprint density at radius 2 is 2.28 bits per heavy atom. The number of hydrogen-bond acceptors (Lipinski definition) is 4. The predicted octanol–water partition coefficient (Wildman–Crippen LogP) is 1.76. The summed E-state index contributed by atoms with van der Waals surface area (Å²) in [7, 11) is 4.18. The van der Waals surface area contributed by atoms with Gasteiger partial charge >= 0.3 is 0 Å². The molecule has 0 saturated carbocycles. The molecule has 0 bridgehead atoms. The van der Waals surface area contributed by atoms with Crippen molar-refractivity contribution in [1.29, 1.82) is 0 Å². The zero-order valence-electron chi connectivity index (χ0n) is 11.0. The number of imidazole rings is 1. The minimum atomic E-state index is 0.959. The Morgan fingerprint density at radius 3 is 3.00 bits per heavy atom. The Morgan fingerprint density at radius 1 is 1.39 bits per heavy atom. The second kappa shape index (κ2) is 6.68. The molecule has 2 heterocycles. The largest absolute Gasteiger partial charge is 0.329 e. The molecule has 2 aromatic rings. The lowest BCUT2D eigenvalue weighted by atomic mass is 10.4. The molecule has 0 atom stereocenters. The first-order valence-electron chi connectivity index (χ1n) is 6.18. The van der Waals surface area contributed by atoms with E-state index in [0.29, 0.717) is 0 Å². The van der Waals surface area contributed by atoms with E-state index in [-0.39, 0.29) is 0 Å². The van der Waals surface area contributed by atoms with Crippen molar-refractivity contribution >= 4 is 11.3 Å². The molecule has 0 radical (unpaired) electrons. The molecule has 98 valence electrons. The van der Waals surface area contributed by atoms with E-state index in [4.69, 9.17) is 0 Å². The van der Waals surface area contributed by atoms with Gasteiger partial charge in [-0.1, -0.05) is 6.07 Å². The maximum atomic E-state index is 4.42. The average molecular weight is 264 g/mol. The summed E-state index contributed by atoms with van der Waals surface area (Å²) in [6.45, 7) is 4.03. The van der Waals surface area contributed by atoms with Crippen LogP contribution in [-0.2, 0) is 6.54 Å². The fourth-order valence-electron chi connectivity index (χ4n) is 1.75. The van der Waals surface area contributed by atoms with E-state index in [1.165, 1.54) is 4.88 Å². The molecule has 0 fully saturated rings. The molecule has 4 nitrogen and oxygen atoms in total. The lowest BCUT2D eigenvalue weighted by molar-refractivity contribution is 0.398. The zero-order valence-corrected chi connectivity index (χ0v) is 11.8. The second-order valence-electron chi connectivity index (χ2n) is 4.47. The highest BCUT2D eigenvalue weighted by Crippen LogP contribution is 2.22. The van der Waals surface area contributed by atoms with Crippen molar-refractivity contribution in [2.45, 2.75) is 6.54 Å². The van der Waals surface area contributed by atoms with Gasteiger partial charge in [0.2, 0.25) is 0 Å². The van der Waals surface area contributed by atoms with Crippen LogP contribution in [0.5, 0.6) is 0 Å². The Kier molecular flexibility index (Phi) is 4.92. The van der Waals surface area contributed by atoms with Crippen molar-refractivity contribution in [3.05, 3.63) is 29.9 Å². The molecule has 0 aromatic carbocycles. The Hall–Kier alpha value is -1.17. The molecular weight excluding hydrogens is 244 g/mol. The van der Waals surface area contributed by atoms with Crippen LogP contribution in [0.15, 0.2) is 29.9 Å². The number of nitrogens with zero attached hydrogens (tertiary/aromatic N) is 3. The van der Waals surface area contributed by atoms with E-state index < -0.39 is 0 Å². The zero-order chi connectivity index (χ0) is 12.8. The van der Waals surface area contributed by atoms with E-state index in [1.807, 2.05) is 12.4 Å². The Labute approximate surface area is 112 Å². The molecule has 0 saturated heterocycles. The number of nitrogens with one attached hydrogen (secondary N) is 1. The van der Waals surface area contributed by atoms with Gasteiger partial charge in [0.15, 0.2) is 0 Å². The predicted molar refractivity (Wildman–Crippen MR) is 77.0 cm³/mol. The molecular formula is C13H20N4S. The average Bonchev–Trinajstić information content (AvgIpc) is 2.97. The molecule has 0 aliphatic rings. The highest BCUT2D eigenvalue weighted by molar-refractivity contribution is 7.13. The van der Waals surface area contributed by atoms with Gasteiger partial charge in [0, 0.05) is 38.6 Å². The van der Waals surface area contributed by atoms with Crippen LogP contribution in [0, 0.1) is 0 Å². The smallest absolute Gasteiger partial charge is 0.150 e.